The van der Waals surface area contributed by atoms with E-state index < -0.39 is 12.1 Å². The highest BCUT2D eigenvalue weighted by atomic mass is 16.5. The summed E-state index contributed by atoms with van der Waals surface area (Å²) in [5, 5.41) is 2.87. The number of hydrogen-bond donors (Lipinski definition) is 1. The maximum Gasteiger partial charge on any atom is 0.338 e. The monoisotopic (exact) mass is 355 g/mol. The molecule has 0 radical (unpaired) electrons. The normalized spacial score (nSPS) is 11.5. The number of nitrogens with one attached hydrogen (secondary N) is 1. The zero-order chi connectivity index (χ0) is 19.1. The van der Waals surface area contributed by atoms with Gasteiger partial charge in [-0.1, -0.05) is 31.2 Å². The number of carbonyl (C=O) groups excluding carboxylic acids is 2. The van der Waals surface area contributed by atoms with E-state index in [9.17, 15) is 9.59 Å². The molecule has 0 fully saturated rings. The van der Waals surface area contributed by atoms with Gasteiger partial charge >= 0.3 is 5.97 Å². The zero-order valence-electron chi connectivity index (χ0n) is 15.7. The Balaban J connectivity index is 2.16. The van der Waals surface area contributed by atoms with Crippen molar-refractivity contribution in [3.05, 3.63) is 59.2 Å². The molecule has 0 aliphatic heterocycles. The molecule has 0 unspecified atom stereocenters. The molecule has 1 N–H and O–H groups in total. The van der Waals surface area contributed by atoms with Gasteiger partial charge in [0.15, 0.2) is 6.10 Å². The molecule has 1 amide bonds. The van der Waals surface area contributed by atoms with Gasteiger partial charge < -0.3 is 14.8 Å². The van der Waals surface area contributed by atoms with Gasteiger partial charge in [0.1, 0.15) is 5.75 Å². The van der Waals surface area contributed by atoms with Crippen LogP contribution in [0.2, 0.25) is 0 Å². The predicted molar refractivity (Wildman–Crippen MR) is 102 cm³/mol. The largest absolute Gasteiger partial charge is 0.480 e. The lowest BCUT2D eigenvalue weighted by atomic mass is 10.1. The van der Waals surface area contributed by atoms with E-state index in [0.717, 1.165) is 5.56 Å². The summed E-state index contributed by atoms with van der Waals surface area (Å²) in [4.78, 5) is 24.7. The third-order valence-corrected chi connectivity index (χ3v) is 4.11. The smallest absolute Gasteiger partial charge is 0.338 e. The topological polar surface area (TPSA) is 64.6 Å². The number of ether oxygens (including phenoxy) is 2. The molecule has 2 aromatic rings. The van der Waals surface area contributed by atoms with Crippen molar-refractivity contribution in [2.75, 3.05) is 11.9 Å². The first-order chi connectivity index (χ1) is 12.5. The lowest BCUT2D eigenvalue weighted by Gasteiger charge is -2.19. The molecule has 0 bridgehead atoms. The number of hydrogen-bond acceptors (Lipinski definition) is 4. The minimum atomic E-state index is -0.623. The van der Waals surface area contributed by atoms with E-state index >= 15 is 0 Å². The summed E-state index contributed by atoms with van der Waals surface area (Å²) in [5.41, 5.74) is 2.66. The molecule has 0 spiro atoms. The Hall–Kier alpha value is -2.82. The highest BCUT2D eigenvalue weighted by Crippen LogP contribution is 2.22. The van der Waals surface area contributed by atoms with Crippen LogP contribution >= 0.6 is 0 Å². The average molecular weight is 355 g/mol. The van der Waals surface area contributed by atoms with Crippen LogP contribution in [0.3, 0.4) is 0 Å². The van der Waals surface area contributed by atoms with Gasteiger partial charge in [-0.3, -0.25) is 4.79 Å². The van der Waals surface area contributed by atoms with Crippen LogP contribution in [0.5, 0.6) is 5.75 Å². The molecule has 2 rings (SSSR count). The van der Waals surface area contributed by atoms with Crippen molar-refractivity contribution in [3.63, 3.8) is 0 Å². The molecule has 138 valence electrons. The van der Waals surface area contributed by atoms with Gasteiger partial charge in [-0.25, -0.2) is 4.79 Å². The fourth-order valence-electron chi connectivity index (χ4n) is 2.58. The van der Waals surface area contributed by atoms with Crippen molar-refractivity contribution in [3.8, 4) is 5.75 Å². The Bertz CT molecular complexity index is 785. The second-order valence-electron chi connectivity index (χ2n) is 5.97. The van der Waals surface area contributed by atoms with Crippen LogP contribution < -0.4 is 10.1 Å². The Morgan fingerprint density at radius 2 is 1.77 bits per heavy atom. The Labute approximate surface area is 154 Å². The second-order valence-corrected chi connectivity index (χ2v) is 5.97. The number of esters is 1. The maximum absolute atomic E-state index is 12.7. The number of rotatable bonds is 7. The highest BCUT2D eigenvalue weighted by Gasteiger charge is 2.21. The van der Waals surface area contributed by atoms with Crippen LogP contribution in [0, 0.1) is 13.8 Å². The Morgan fingerprint density at radius 1 is 1.04 bits per heavy atom. The molecule has 2 aromatic carbocycles. The quantitative estimate of drug-likeness (QED) is 0.753. The Kier molecular flexibility index (Phi) is 6.78. The van der Waals surface area contributed by atoms with E-state index in [0.29, 0.717) is 35.6 Å². The molecule has 26 heavy (non-hydrogen) atoms. The lowest BCUT2D eigenvalue weighted by Crippen LogP contribution is -2.33. The second kappa shape index (κ2) is 9.04. The molecule has 0 aromatic heterocycles. The summed E-state index contributed by atoms with van der Waals surface area (Å²) in [6.45, 7) is 7.67. The number of benzene rings is 2. The fraction of sp³-hybridized carbons (Fsp3) is 0.333. The molecule has 5 heteroatoms. The molecule has 5 nitrogen and oxygen atoms in total. The highest BCUT2D eigenvalue weighted by molar-refractivity contribution is 5.98. The van der Waals surface area contributed by atoms with Crippen LogP contribution in [0.25, 0.3) is 0 Å². The minimum Gasteiger partial charge on any atom is -0.480 e. The molecular weight excluding hydrogens is 330 g/mol. The first-order valence-corrected chi connectivity index (χ1v) is 8.77. The first kappa shape index (κ1) is 19.5. The average Bonchev–Trinajstić information content (AvgIpc) is 2.62. The number of para-hydroxylation sites is 1. The van der Waals surface area contributed by atoms with E-state index in [4.69, 9.17) is 9.47 Å². The van der Waals surface area contributed by atoms with Gasteiger partial charge in [0.25, 0.3) is 5.91 Å². The molecule has 0 aliphatic carbocycles. The van der Waals surface area contributed by atoms with Crippen molar-refractivity contribution in [2.45, 2.75) is 40.2 Å². The van der Waals surface area contributed by atoms with Crippen molar-refractivity contribution in [2.24, 2.45) is 0 Å². The summed E-state index contributed by atoms with van der Waals surface area (Å²) < 4.78 is 10.9. The number of amides is 1. The van der Waals surface area contributed by atoms with Crippen LogP contribution in [-0.4, -0.2) is 24.6 Å². The van der Waals surface area contributed by atoms with Crippen LogP contribution in [0.15, 0.2) is 42.5 Å². The van der Waals surface area contributed by atoms with E-state index in [1.807, 2.05) is 38.1 Å². The summed E-state index contributed by atoms with van der Waals surface area (Å²) in [6, 6.07) is 12.7. The lowest BCUT2D eigenvalue weighted by molar-refractivity contribution is -0.122. The first-order valence-electron chi connectivity index (χ1n) is 8.77. The van der Waals surface area contributed by atoms with E-state index in [2.05, 4.69) is 5.32 Å². The van der Waals surface area contributed by atoms with Crippen LogP contribution in [-0.2, 0) is 9.53 Å². The van der Waals surface area contributed by atoms with Gasteiger partial charge in [-0.15, -0.1) is 0 Å². The van der Waals surface area contributed by atoms with Crippen LogP contribution in [0.1, 0.15) is 41.8 Å². The number of carbonyl (C=O) groups is 2. The minimum absolute atomic E-state index is 0.250. The summed E-state index contributed by atoms with van der Waals surface area (Å²) in [7, 11) is 0. The maximum atomic E-state index is 12.7. The Morgan fingerprint density at radius 3 is 2.42 bits per heavy atom. The van der Waals surface area contributed by atoms with Crippen molar-refractivity contribution < 1.29 is 19.1 Å². The van der Waals surface area contributed by atoms with E-state index in [1.165, 1.54) is 0 Å². The van der Waals surface area contributed by atoms with Gasteiger partial charge in [-0.05, 0) is 56.5 Å². The molecule has 0 heterocycles. The summed E-state index contributed by atoms with van der Waals surface area (Å²) in [5.74, 6) is 0.0376. The molecule has 0 saturated carbocycles. The van der Waals surface area contributed by atoms with Crippen molar-refractivity contribution in [1.29, 1.82) is 0 Å². The predicted octanol–water partition coefficient (Wildman–Crippen LogP) is 4.28. The van der Waals surface area contributed by atoms with Crippen molar-refractivity contribution >= 4 is 17.6 Å². The third-order valence-electron chi connectivity index (χ3n) is 4.11. The molecule has 1 atom stereocenters. The standard InChI is InChI=1S/C21H25NO4/c1-5-18(26-19-13-8-7-10-14(19)3)20(23)22-17-12-9-11-16(15(17)4)21(24)25-6-2/h7-13,18H,5-6H2,1-4H3,(H,22,23)/t18-/m1/s1. The van der Waals surface area contributed by atoms with Gasteiger partial charge in [0, 0.05) is 5.69 Å². The molecule has 0 saturated heterocycles. The molecule has 0 aliphatic rings. The van der Waals surface area contributed by atoms with Gasteiger partial charge in [0.2, 0.25) is 0 Å². The zero-order valence-corrected chi connectivity index (χ0v) is 15.7. The third kappa shape index (κ3) is 4.63. The van der Waals surface area contributed by atoms with E-state index in [-0.39, 0.29) is 5.91 Å². The number of aryl methyl sites for hydroxylation is 1. The SMILES string of the molecule is CCOC(=O)c1cccc(NC(=O)[C@@H](CC)Oc2ccccc2C)c1C. The molecular formula is C21H25NO4. The van der Waals surface area contributed by atoms with Crippen LogP contribution in [0.4, 0.5) is 5.69 Å². The van der Waals surface area contributed by atoms with Gasteiger partial charge in [-0.2, -0.15) is 0 Å². The summed E-state index contributed by atoms with van der Waals surface area (Å²) >= 11 is 0. The summed E-state index contributed by atoms with van der Waals surface area (Å²) in [6.07, 6.45) is -0.0988. The van der Waals surface area contributed by atoms with Gasteiger partial charge in [0.05, 0.1) is 12.2 Å². The van der Waals surface area contributed by atoms with Crippen molar-refractivity contribution in [1.82, 2.24) is 0 Å². The number of anilines is 1. The fourth-order valence-corrected chi connectivity index (χ4v) is 2.58. The van der Waals surface area contributed by atoms with E-state index in [1.54, 1.807) is 32.0 Å².